The largest absolute Gasteiger partial charge is 0.508 e. The Balaban J connectivity index is 2.73. The highest BCUT2D eigenvalue weighted by Gasteiger charge is 2.15. The third-order valence-electron chi connectivity index (χ3n) is 2.47. The van der Waals surface area contributed by atoms with Crippen LogP contribution in [-0.4, -0.2) is 29.5 Å². The molecule has 0 saturated carbocycles. The van der Waals surface area contributed by atoms with Gasteiger partial charge in [-0.25, -0.2) is 0 Å². The maximum atomic E-state index is 11.1. The Labute approximate surface area is 99.1 Å². The molecule has 92 valence electrons. The number of carbonyl (C=O) groups excluding carboxylic acids is 2. The lowest BCUT2D eigenvalue weighted by Crippen LogP contribution is -2.22. The van der Waals surface area contributed by atoms with Crippen LogP contribution in [0.25, 0.3) is 0 Å². The van der Waals surface area contributed by atoms with E-state index in [4.69, 9.17) is 5.11 Å². The van der Waals surface area contributed by atoms with Crippen LogP contribution >= 0.6 is 0 Å². The number of hydrogen-bond acceptors (Lipinski definition) is 4. The number of rotatable bonds is 5. The number of benzene rings is 1. The molecule has 3 N–H and O–H groups in total. The van der Waals surface area contributed by atoms with Crippen molar-refractivity contribution >= 4 is 12.2 Å². The van der Waals surface area contributed by atoms with E-state index in [9.17, 15) is 14.7 Å². The summed E-state index contributed by atoms with van der Waals surface area (Å²) in [5.41, 5.74) is 0.531. The summed E-state index contributed by atoms with van der Waals surface area (Å²) in [5, 5.41) is 21.1. The average Bonchev–Trinajstić information content (AvgIpc) is 2.31. The van der Waals surface area contributed by atoms with E-state index in [0.29, 0.717) is 11.8 Å². The summed E-state index contributed by atoms with van der Waals surface area (Å²) in [6.45, 7) is 0. The van der Waals surface area contributed by atoms with Gasteiger partial charge in [-0.05, 0) is 18.1 Å². The lowest BCUT2D eigenvalue weighted by atomic mass is 9.96. The second kappa shape index (κ2) is 5.89. The van der Waals surface area contributed by atoms with Gasteiger partial charge in [0.1, 0.15) is 17.8 Å². The molecule has 5 heteroatoms. The van der Waals surface area contributed by atoms with Gasteiger partial charge in [-0.1, -0.05) is 6.07 Å². The molecule has 1 atom stereocenters. The van der Waals surface area contributed by atoms with Crippen molar-refractivity contribution in [2.75, 3.05) is 7.05 Å². The van der Waals surface area contributed by atoms with Gasteiger partial charge in [0.2, 0.25) is 5.91 Å². The predicted molar refractivity (Wildman–Crippen MR) is 61.7 cm³/mol. The molecule has 0 spiro atoms. The number of phenolic OH excluding ortho intramolecular Hbond substituents is 2. The summed E-state index contributed by atoms with van der Waals surface area (Å²) in [7, 11) is 1.50. The highest BCUT2D eigenvalue weighted by molar-refractivity contribution is 5.78. The molecule has 0 heterocycles. The van der Waals surface area contributed by atoms with Crippen molar-refractivity contribution in [2.45, 2.75) is 12.8 Å². The number of carbonyl (C=O) groups is 2. The summed E-state index contributed by atoms with van der Waals surface area (Å²) < 4.78 is 0. The first-order valence-electron chi connectivity index (χ1n) is 5.23. The molecule has 0 saturated heterocycles. The van der Waals surface area contributed by atoms with Crippen molar-refractivity contribution in [2.24, 2.45) is 5.92 Å². The van der Waals surface area contributed by atoms with E-state index in [2.05, 4.69) is 5.32 Å². The van der Waals surface area contributed by atoms with Crippen molar-refractivity contribution < 1.29 is 19.8 Å². The monoisotopic (exact) mass is 237 g/mol. The molecule has 5 nitrogen and oxygen atoms in total. The molecule has 1 rings (SSSR count). The Hall–Kier alpha value is -2.04. The van der Waals surface area contributed by atoms with Gasteiger partial charge in [-0.15, -0.1) is 0 Å². The van der Waals surface area contributed by atoms with Gasteiger partial charge in [-0.2, -0.15) is 0 Å². The van der Waals surface area contributed by atoms with Crippen LogP contribution in [0.2, 0.25) is 0 Å². The van der Waals surface area contributed by atoms with E-state index >= 15 is 0 Å². The molecular formula is C12H15NO4. The van der Waals surface area contributed by atoms with Crippen LogP contribution in [-0.2, 0) is 16.0 Å². The van der Waals surface area contributed by atoms with Crippen molar-refractivity contribution in [3.8, 4) is 11.5 Å². The molecule has 0 aliphatic carbocycles. The van der Waals surface area contributed by atoms with Gasteiger partial charge in [0.05, 0.1) is 0 Å². The minimum Gasteiger partial charge on any atom is -0.508 e. The van der Waals surface area contributed by atoms with Crippen molar-refractivity contribution in [3.63, 3.8) is 0 Å². The summed E-state index contributed by atoms with van der Waals surface area (Å²) in [4.78, 5) is 22.0. The van der Waals surface area contributed by atoms with Crippen LogP contribution in [0.3, 0.4) is 0 Å². The van der Waals surface area contributed by atoms with Crippen molar-refractivity contribution in [3.05, 3.63) is 23.8 Å². The molecule has 1 aromatic carbocycles. The third kappa shape index (κ3) is 3.79. The Morgan fingerprint density at radius 1 is 1.47 bits per heavy atom. The zero-order valence-corrected chi connectivity index (χ0v) is 9.51. The summed E-state index contributed by atoms with van der Waals surface area (Å²) >= 11 is 0. The lowest BCUT2D eigenvalue weighted by molar-refractivity contribution is -0.124. The highest BCUT2D eigenvalue weighted by Crippen LogP contribution is 2.25. The van der Waals surface area contributed by atoms with Crippen molar-refractivity contribution in [1.29, 1.82) is 0 Å². The van der Waals surface area contributed by atoms with E-state index < -0.39 is 5.92 Å². The van der Waals surface area contributed by atoms with Gasteiger partial charge < -0.3 is 20.3 Å². The number of nitrogens with one attached hydrogen (secondary N) is 1. The van der Waals surface area contributed by atoms with E-state index in [1.165, 1.54) is 25.2 Å². The Kier molecular flexibility index (Phi) is 4.51. The fourth-order valence-corrected chi connectivity index (χ4v) is 1.52. The van der Waals surface area contributed by atoms with E-state index in [-0.39, 0.29) is 30.2 Å². The second-order valence-corrected chi connectivity index (χ2v) is 3.79. The normalized spacial score (nSPS) is 11.8. The molecule has 1 aromatic rings. The molecule has 0 radical (unpaired) electrons. The van der Waals surface area contributed by atoms with Gasteiger partial charge in [0, 0.05) is 25.5 Å². The first-order chi connectivity index (χ1) is 8.06. The van der Waals surface area contributed by atoms with Gasteiger partial charge in [-0.3, -0.25) is 4.79 Å². The van der Waals surface area contributed by atoms with Crippen LogP contribution in [0.1, 0.15) is 12.0 Å². The van der Waals surface area contributed by atoms with Crippen molar-refractivity contribution in [1.82, 2.24) is 5.32 Å². The predicted octanol–water partition coefficient (Wildman–Crippen LogP) is 0.591. The van der Waals surface area contributed by atoms with E-state index in [1.807, 2.05) is 0 Å². The summed E-state index contributed by atoms with van der Waals surface area (Å²) in [6.07, 6.45) is 1.05. The van der Waals surface area contributed by atoms with Crippen LogP contribution in [0.4, 0.5) is 0 Å². The molecular weight excluding hydrogens is 222 g/mol. The quantitative estimate of drug-likeness (QED) is 0.654. The van der Waals surface area contributed by atoms with Crippen LogP contribution in [0.5, 0.6) is 11.5 Å². The van der Waals surface area contributed by atoms with Gasteiger partial charge in [0.25, 0.3) is 0 Å². The molecule has 0 aromatic heterocycles. The first kappa shape index (κ1) is 13.0. The Bertz CT molecular complexity index is 417. The topological polar surface area (TPSA) is 86.6 Å². The SMILES string of the molecule is CNC(=O)CC(C=O)Cc1ccc(O)cc1O. The van der Waals surface area contributed by atoms with Gasteiger partial charge >= 0.3 is 0 Å². The maximum absolute atomic E-state index is 11.1. The molecule has 0 fully saturated rings. The van der Waals surface area contributed by atoms with Crippen LogP contribution < -0.4 is 5.32 Å². The summed E-state index contributed by atoms with van der Waals surface area (Å²) in [6, 6.07) is 4.17. The second-order valence-electron chi connectivity index (χ2n) is 3.79. The molecule has 0 bridgehead atoms. The highest BCUT2D eigenvalue weighted by atomic mass is 16.3. The number of amides is 1. The number of aromatic hydroxyl groups is 2. The lowest BCUT2D eigenvalue weighted by Gasteiger charge is -2.10. The molecule has 0 aliphatic heterocycles. The summed E-state index contributed by atoms with van der Waals surface area (Å²) in [5.74, 6) is -0.820. The number of phenols is 2. The van der Waals surface area contributed by atoms with E-state index in [1.54, 1.807) is 0 Å². The average molecular weight is 237 g/mol. The van der Waals surface area contributed by atoms with Crippen LogP contribution in [0, 0.1) is 5.92 Å². The van der Waals surface area contributed by atoms with Gasteiger partial charge in [0.15, 0.2) is 0 Å². The number of hydrogen-bond donors (Lipinski definition) is 3. The molecule has 1 amide bonds. The van der Waals surface area contributed by atoms with Crippen LogP contribution in [0.15, 0.2) is 18.2 Å². The molecule has 1 unspecified atom stereocenters. The Morgan fingerprint density at radius 2 is 2.18 bits per heavy atom. The minimum atomic E-state index is -0.481. The number of aldehydes is 1. The zero-order valence-electron chi connectivity index (χ0n) is 9.51. The Morgan fingerprint density at radius 3 is 2.71 bits per heavy atom. The smallest absolute Gasteiger partial charge is 0.220 e. The molecule has 0 aliphatic rings. The minimum absolute atomic E-state index is 0.0415. The molecule has 17 heavy (non-hydrogen) atoms. The fourth-order valence-electron chi connectivity index (χ4n) is 1.52. The first-order valence-corrected chi connectivity index (χ1v) is 5.23. The zero-order chi connectivity index (χ0) is 12.8. The standard InChI is InChI=1S/C12H15NO4/c1-13-12(17)5-8(7-14)4-9-2-3-10(15)6-11(9)16/h2-3,6-8,15-16H,4-5H2,1H3,(H,13,17). The fraction of sp³-hybridized carbons (Fsp3) is 0.333. The van der Waals surface area contributed by atoms with E-state index in [0.717, 1.165) is 0 Å². The third-order valence-corrected chi connectivity index (χ3v) is 2.47. The maximum Gasteiger partial charge on any atom is 0.220 e.